The number of H-pyrrole nitrogens is 1. The third-order valence-electron chi connectivity index (χ3n) is 5.84. The molecule has 0 aliphatic carbocycles. The molecule has 5 nitrogen and oxygen atoms in total. The molecule has 1 amide bonds. The van der Waals surface area contributed by atoms with Gasteiger partial charge in [0, 0.05) is 55.2 Å². The molecule has 5 heteroatoms. The number of pyridine rings is 1. The van der Waals surface area contributed by atoms with Gasteiger partial charge in [-0.2, -0.15) is 0 Å². The normalized spacial score (nSPS) is 15.1. The van der Waals surface area contributed by atoms with Crippen LogP contribution < -0.4 is 4.90 Å². The molecular formula is C23H28N4O. The summed E-state index contributed by atoms with van der Waals surface area (Å²) >= 11 is 0. The quantitative estimate of drug-likeness (QED) is 0.731. The van der Waals surface area contributed by atoms with Gasteiger partial charge < -0.3 is 14.8 Å². The largest absolute Gasteiger partial charge is 0.369 e. The summed E-state index contributed by atoms with van der Waals surface area (Å²) in [5, 5.41) is 1.16. The Morgan fingerprint density at radius 2 is 1.86 bits per heavy atom. The number of anilines is 1. The number of nitrogens with zero attached hydrogens (tertiary/aromatic N) is 3. The average Bonchev–Trinajstić information content (AvgIpc) is 2.85. The molecule has 1 N–H and O–H groups in total. The van der Waals surface area contributed by atoms with Crippen LogP contribution in [0, 0.1) is 27.7 Å². The summed E-state index contributed by atoms with van der Waals surface area (Å²) in [6.45, 7) is 11.7. The summed E-state index contributed by atoms with van der Waals surface area (Å²) in [6.07, 6.45) is 4.71. The number of carbonyl (C=O) groups excluding carboxylic acids is 1. The number of aryl methyl sites for hydroxylation is 4. The lowest BCUT2D eigenvalue weighted by Crippen LogP contribution is -2.35. The highest BCUT2D eigenvalue weighted by molar-refractivity contribution is 6.01. The van der Waals surface area contributed by atoms with Crippen LogP contribution in [-0.4, -0.2) is 47.0 Å². The molecule has 146 valence electrons. The van der Waals surface area contributed by atoms with Crippen LogP contribution in [0.4, 0.5) is 5.69 Å². The van der Waals surface area contributed by atoms with E-state index < -0.39 is 0 Å². The molecule has 4 rings (SSSR count). The summed E-state index contributed by atoms with van der Waals surface area (Å²) in [7, 11) is 0. The second kappa shape index (κ2) is 7.30. The molecule has 1 saturated heterocycles. The highest BCUT2D eigenvalue weighted by atomic mass is 16.2. The van der Waals surface area contributed by atoms with Crippen molar-refractivity contribution >= 4 is 22.5 Å². The first-order chi connectivity index (χ1) is 13.5. The van der Waals surface area contributed by atoms with E-state index in [-0.39, 0.29) is 5.91 Å². The van der Waals surface area contributed by atoms with E-state index in [1.165, 1.54) is 22.4 Å². The van der Waals surface area contributed by atoms with E-state index in [2.05, 4.69) is 60.8 Å². The van der Waals surface area contributed by atoms with Crippen molar-refractivity contribution in [1.29, 1.82) is 0 Å². The zero-order chi connectivity index (χ0) is 19.8. The van der Waals surface area contributed by atoms with Crippen LogP contribution in [-0.2, 0) is 0 Å². The van der Waals surface area contributed by atoms with E-state index >= 15 is 0 Å². The molecule has 0 unspecified atom stereocenters. The Labute approximate surface area is 166 Å². The van der Waals surface area contributed by atoms with Gasteiger partial charge in [-0.25, -0.2) is 0 Å². The summed E-state index contributed by atoms with van der Waals surface area (Å²) in [5.41, 5.74) is 7.68. The minimum Gasteiger partial charge on any atom is -0.369 e. The highest BCUT2D eigenvalue weighted by Crippen LogP contribution is 2.27. The minimum absolute atomic E-state index is 0.110. The van der Waals surface area contributed by atoms with E-state index in [9.17, 15) is 4.79 Å². The fourth-order valence-corrected chi connectivity index (χ4v) is 4.34. The summed E-state index contributed by atoms with van der Waals surface area (Å²) in [6, 6.07) is 6.40. The van der Waals surface area contributed by atoms with E-state index in [1.807, 2.05) is 17.3 Å². The van der Waals surface area contributed by atoms with Crippen LogP contribution in [0.2, 0.25) is 0 Å². The number of hydrogen-bond donors (Lipinski definition) is 1. The van der Waals surface area contributed by atoms with Gasteiger partial charge in [0.25, 0.3) is 5.91 Å². The van der Waals surface area contributed by atoms with Crippen LogP contribution >= 0.6 is 0 Å². The fourth-order valence-electron chi connectivity index (χ4n) is 4.34. The Bertz CT molecular complexity index is 1040. The van der Waals surface area contributed by atoms with Crippen molar-refractivity contribution < 1.29 is 4.79 Å². The van der Waals surface area contributed by atoms with Gasteiger partial charge in [0.05, 0.1) is 0 Å². The van der Waals surface area contributed by atoms with Crippen LogP contribution in [0.5, 0.6) is 0 Å². The molecule has 1 fully saturated rings. The average molecular weight is 377 g/mol. The van der Waals surface area contributed by atoms with Crippen molar-refractivity contribution in [3.63, 3.8) is 0 Å². The molecule has 0 bridgehead atoms. The monoisotopic (exact) mass is 376 g/mol. The van der Waals surface area contributed by atoms with Gasteiger partial charge in [0.1, 0.15) is 5.69 Å². The van der Waals surface area contributed by atoms with E-state index in [1.54, 1.807) is 0 Å². The second-order valence-corrected chi connectivity index (χ2v) is 7.92. The number of nitrogens with one attached hydrogen (secondary N) is 1. The number of hydrogen-bond acceptors (Lipinski definition) is 3. The molecule has 2 aromatic heterocycles. The third kappa shape index (κ3) is 3.26. The summed E-state index contributed by atoms with van der Waals surface area (Å²) < 4.78 is 0. The van der Waals surface area contributed by atoms with Crippen molar-refractivity contribution in [3.8, 4) is 0 Å². The Hall–Kier alpha value is -2.82. The molecular weight excluding hydrogens is 348 g/mol. The molecule has 3 heterocycles. The van der Waals surface area contributed by atoms with E-state index in [0.717, 1.165) is 54.8 Å². The summed E-state index contributed by atoms with van der Waals surface area (Å²) in [4.78, 5) is 25.3. The molecule has 0 radical (unpaired) electrons. The SMILES string of the molecule is Cc1cc(C)c2[nH]c(C(=O)N3CCCN(c4ccncc4C)CC3)c(C)c2c1. The zero-order valence-corrected chi connectivity index (χ0v) is 17.2. The molecule has 0 saturated carbocycles. The predicted octanol–water partition coefficient (Wildman–Crippen LogP) is 4.15. The van der Waals surface area contributed by atoms with Gasteiger partial charge in [0.2, 0.25) is 0 Å². The van der Waals surface area contributed by atoms with Gasteiger partial charge in [-0.1, -0.05) is 11.6 Å². The van der Waals surface area contributed by atoms with Crippen LogP contribution in [0.3, 0.4) is 0 Å². The van der Waals surface area contributed by atoms with Crippen LogP contribution in [0.15, 0.2) is 30.6 Å². The Kier molecular flexibility index (Phi) is 4.84. The minimum atomic E-state index is 0.110. The number of rotatable bonds is 2. The van der Waals surface area contributed by atoms with Gasteiger partial charge >= 0.3 is 0 Å². The molecule has 3 aromatic rings. The first-order valence-electron chi connectivity index (χ1n) is 10.00. The number of aromatic amines is 1. The van der Waals surface area contributed by atoms with Crippen molar-refractivity contribution in [2.24, 2.45) is 0 Å². The predicted molar refractivity (Wildman–Crippen MR) is 114 cm³/mol. The van der Waals surface area contributed by atoms with Gasteiger partial charge in [-0.3, -0.25) is 9.78 Å². The number of carbonyl (C=O) groups is 1. The van der Waals surface area contributed by atoms with Gasteiger partial charge in [-0.15, -0.1) is 0 Å². The molecule has 0 atom stereocenters. The number of amides is 1. The summed E-state index contributed by atoms with van der Waals surface area (Å²) in [5.74, 6) is 0.110. The first kappa shape index (κ1) is 18.5. The van der Waals surface area contributed by atoms with Crippen LogP contribution in [0.25, 0.3) is 10.9 Å². The zero-order valence-electron chi connectivity index (χ0n) is 17.2. The Morgan fingerprint density at radius 1 is 1.04 bits per heavy atom. The smallest absolute Gasteiger partial charge is 0.270 e. The molecule has 1 aromatic carbocycles. The first-order valence-corrected chi connectivity index (χ1v) is 10.00. The highest BCUT2D eigenvalue weighted by Gasteiger charge is 2.24. The number of aromatic nitrogens is 2. The molecule has 0 spiro atoms. The van der Waals surface area contributed by atoms with Gasteiger partial charge in [0.15, 0.2) is 0 Å². The van der Waals surface area contributed by atoms with Crippen molar-refractivity contribution in [2.45, 2.75) is 34.1 Å². The Morgan fingerprint density at radius 3 is 2.64 bits per heavy atom. The Balaban J connectivity index is 1.58. The lowest BCUT2D eigenvalue weighted by molar-refractivity contribution is 0.0761. The van der Waals surface area contributed by atoms with Crippen molar-refractivity contribution in [2.75, 3.05) is 31.1 Å². The maximum Gasteiger partial charge on any atom is 0.270 e. The van der Waals surface area contributed by atoms with Crippen molar-refractivity contribution in [1.82, 2.24) is 14.9 Å². The maximum atomic E-state index is 13.3. The van der Waals surface area contributed by atoms with Crippen molar-refractivity contribution in [3.05, 3.63) is 58.5 Å². The lowest BCUT2D eigenvalue weighted by Gasteiger charge is -2.25. The maximum absolute atomic E-state index is 13.3. The van der Waals surface area contributed by atoms with Gasteiger partial charge in [-0.05, 0) is 62.9 Å². The van der Waals surface area contributed by atoms with E-state index in [4.69, 9.17) is 0 Å². The topological polar surface area (TPSA) is 52.2 Å². The lowest BCUT2D eigenvalue weighted by atomic mass is 10.1. The molecule has 1 aliphatic heterocycles. The molecule has 1 aliphatic rings. The molecule has 28 heavy (non-hydrogen) atoms. The third-order valence-corrected chi connectivity index (χ3v) is 5.84. The van der Waals surface area contributed by atoms with E-state index in [0.29, 0.717) is 0 Å². The number of fused-ring (bicyclic) bond motifs is 1. The number of benzene rings is 1. The standard InChI is InChI=1S/C23H28N4O/c1-15-12-16(2)21-19(13-15)18(4)22(25-21)23(28)27-9-5-8-26(10-11-27)20-6-7-24-14-17(20)3/h6-7,12-14,25H,5,8-11H2,1-4H3. The fraction of sp³-hybridized carbons (Fsp3) is 0.391. The van der Waals surface area contributed by atoms with Crippen LogP contribution in [0.1, 0.15) is 39.2 Å². The second-order valence-electron chi connectivity index (χ2n) is 7.92.